The average molecular weight is 251 g/mol. The van der Waals surface area contributed by atoms with Crippen LogP contribution in [0, 0.1) is 5.41 Å². The van der Waals surface area contributed by atoms with Crippen LogP contribution in [0.3, 0.4) is 0 Å². The number of aliphatic hydroxyl groups excluding tert-OH is 1. The van der Waals surface area contributed by atoms with E-state index < -0.39 is 6.10 Å². The Hall–Kier alpha value is -1.10. The Morgan fingerprint density at radius 1 is 1.50 bits per heavy atom. The van der Waals surface area contributed by atoms with Gasteiger partial charge < -0.3 is 19.9 Å². The fourth-order valence-electron chi connectivity index (χ4n) is 1.91. The molecule has 0 aliphatic carbocycles. The van der Waals surface area contributed by atoms with Gasteiger partial charge in [-0.1, -0.05) is 19.1 Å². The van der Waals surface area contributed by atoms with Gasteiger partial charge in [-0.05, 0) is 24.7 Å². The summed E-state index contributed by atoms with van der Waals surface area (Å²) in [4.78, 5) is 0. The molecular formula is C14H21NO3. The van der Waals surface area contributed by atoms with Crippen LogP contribution < -0.4 is 10.1 Å². The van der Waals surface area contributed by atoms with Crippen molar-refractivity contribution in [3.8, 4) is 5.75 Å². The van der Waals surface area contributed by atoms with E-state index >= 15 is 0 Å². The quantitative estimate of drug-likeness (QED) is 0.801. The minimum atomic E-state index is -0.499. The van der Waals surface area contributed by atoms with E-state index in [9.17, 15) is 5.11 Å². The molecule has 1 saturated heterocycles. The van der Waals surface area contributed by atoms with Gasteiger partial charge in [0.1, 0.15) is 5.75 Å². The zero-order valence-corrected chi connectivity index (χ0v) is 11.0. The maximum atomic E-state index is 9.89. The van der Waals surface area contributed by atoms with Crippen molar-refractivity contribution < 1.29 is 14.6 Å². The van der Waals surface area contributed by atoms with Gasteiger partial charge in [0.15, 0.2) is 0 Å². The van der Waals surface area contributed by atoms with Crippen LogP contribution in [0.25, 0.3) is 0 Å². The van der Waals surface area contributed by atoms with Crippen molar-refractivity contribution in [3.63, 3.8) is 0 Å². The van der Waals surface area contributed by atoms with E-state index in [0.29, 0.717) is 13.2 Å². The number of aliphatic hydroxyl groups is 1. The molecule has 1 atom stereocenters. The van der Waals surface area contributed by atoms with Crippen LogP contribution in [0.1, 0.15) is 18.6 Å². The second kappa shape index (κ2) is 5.69. The van der Waals surface area contributed by atoms with Crippen molar-refractivity contribution in [1.29, 1.82) is 0 Å². The summed E-state index contributed by atoms with van der Waals surface area (Å²) in [7, 11) is 1.82. The highest BCUT2D eigenvalue weighted by atomic mass is 16.5. The Bertz CT molecular complexity index is 390. The number of nitrogens with one attached hydrogen (secondary N) is 1. The van der Waals surface area contributed by atoms with Crippen LogP contribution in [-0.4, -0.2) is 38.5 Å². The molecule has 1 unspecified atom stereocenters. The molecule has 4 nitrogen and oxygen atoms in total. The molecular weight excluding hydrogens is 230 g/mol. The van der Waals surface area contributed by atoms with E-state index in [4.69, 9.17) is 9.47 Å². The lowest BCUT2D eigenvalue weighted by molar-refractivity contribution is -0.120. The van der Waals surface area contributed by atoms with Crippen LogP contribution in [0.15, 0.2) is 24.3 Å². The highest BCUT2D eigenvalue weighted by Crippen LogP contribution is 2.28. The van der Waals surface area contributed by atoms with E-state index in [0.717, 1.165) is 24.5 Å². The van der Waals surface area contributed by atoms with Gasteiger partial charge in [0.05, 0.1) is 25.9 Å². The van der Waals surface area contributed by atoms with E-state index in [-0.39, 0.29) is 5.41 Å². The number of hydrogen-bond donors (Lipinski definition) is 2. The summed E-state index contributed by atoms with van der Waals surface area (Å²) in [5, 5.41) is 12.8. The van der Waals surface area contributed by atoms with E-state index in [1.165, 1.54) is 0 Å². The summed E-state index contributed by atoms with van der Waals surface area (Å²) >= 11 is 0. The van der Waals surface area contributed by atoms with Gasteiger partial charge in [0.25, 0.3) is 0 Å². The first kappa shape index (κ1) is 13.3. The van der Waals surface area contributed by atoms with Crippen LogP contribution >= 0.6 is 0 Å². The summed E-state index contributed by atoms with van der Waals surface area (Å²) in [6, 6.07) is 7.62. The second-order valence-electron chi connectivity index (χ2n) is 5.24. The lowest BCUT2D eigenvalue weighted by atomic mass is 9.90. The molecule has 0 bridgehead atoms. The maximum Gasteiger partial charge on any atom is 0.119 e. The van der Waals surface area contributed by atoms with Crippen molar-refractivity contribution in [3.05, 3.63) is 29.8 Å². The molecule has 1 fully saturated rings. The molecule has 1 aromatic rings. The monoisotopic (exact) mass is 251 g/mol. The number of rotatable bonds is 6. The molecule has 2 N–H and O–H groups in total. The molecule has 1 aromatic carbocycles. The molecule has 0 aromatic heterocycles. The topological polar surface area (TPSA) is 50.7 Å². The predicted molar refractivity (Wildman–Crippen MR) is 69.7 cm³/mol. The van der Waals surface area contributed by atoms with Gasteiger partial charge in [-0.2, -0.15) is 0 Å². The number of benzene rings is 1. The van der Waals surface area contributed by atoms with Gasteiger partial charge in [-0.25, -0.2) is 0 Å². The molecule has 1 aliphatic rings. The smallest absolute Gasteiger partial charge is 0.119 e. The van der Waals surface area contributed by atoms with Crippen LogP contribution in [0.4, 0.5) is 0 Å². The summed E-state index contributed by atoms with van der Waals surface area (Å²) < 4.78 is 11.0. The van der Waals surface area contributed by atoms with Crippen molar-refractivity contribution >= 4 is 0 Å². The molecule has 1 aliphatic heterocycles. The van der Waals surface area contributed by atoms with Crippen molar-refractivity contribution in [2.24, 2.45) is 5.41 Å². The number of hydrogen-bond acceptors (Lipinski definition) is 4. The highest BCUT2D eigenvalue weighted by Gasteiger charge is 2.34. The second-order valence-corrected chi connectivity index (χ2v) is 5.24. The van der Waals surface area contributed by atoms with Crippen molar-refractivity contribution in [1.82, 2.24) is 5.32 Å². The largest absolute Gasteiger partial charge is 0.493 e. The Balaban J connectivity index is 1.94. The van der Waals surface area contributed by atoms with E-state index in [1.807, 2.05) is 31.3 Å². The summed E-state index contributed by atoms with van der Waals surface area (Å²) in [5.74, 6) is 0.802. The molecule has 1 heterocycles. The average Bonchev–Trinajstić information content (AvgIpc) is 2.35. The van der Waals surface area contributed by atoms with Gasteiger partial charge in [0, 0.05) is 12.0 Å². The summed E-state index contributed by atoms with van der Waals surface area (Å²) in [6.07, 6.45) is -0.499. The Labute approximate surface area is 108 Å². The first-order chi connectivity index (χ1) is 8.63. The van der Waals surface area contributed by atoms with Gasteiger partial charge in [-0.15, -0.1) is 0 Å². The zero-order chi connectivity index (χ0) is 13.0. The highest BCUT2D eigenvalue weighted by molar-refractivity contribution is 5.30. The minimum Gasteiger partial charge on any atom is -0.493 e. The van der Waals surface area contributed by atoms with Gasteiger partial charge in [0.2, 0.25) is 0 Å². The Morgan fingerprint density at radius 2 is 2.28 bits per heavy atom. The summed E-state index contributed by atoms with van der Waals surface area (Å²) in [6.45, 7) is 4.86. The Morgan fingerprint density at radius 3 is 2.89 bits per heavy atom. The zero-order valence-electron chi connectivity index (χ0n) is 11.0. The van der Waals surface area contributed by atoms with Gasteiger partial charge >= 0.3 is 0 Å². The standard InChI is InChI=1S/C14H21NO3/c1-14(8-17-9-14)10-18-12-5-3-4-11(6-12)13(16)7-15-2/h3-6,13,15-16H,7-10H2,1-2H3. The molecule has 0 amide bonds. The molecule has 100 valence electrons. The first-order valence-corrected chi connectivity index (χ1v) is 6.26. The maximum absolute atomic E-state index is 9.89. The van der Waals surface area contributed by atoms with Crippen LogP contribution in [0.2, 0.25) is 0 Å². The lowest BCUT2D eigenvalue weighted by Crippen LogP contribution is -2.44. The van der Waals surface area contributed by atoms with Crippen LogP contribution in [-0.2, 0) is 4.74 Å². The Kier molecular flexibility index (Phi) is 4.22. The third kappa shape index (κ3) is 3.22. The molecule has 2 rings (SSSR count). The first-order valence-electron chi connectivity index (χ1n) is 6.26. The van der Waals surface area contributed by atoms with Crippen molar-refractivity contribution in [2.75, 3.05) is 33.4 Å². The fraction of sp³-hybridized carbons (Fsp3) is 0.571. The fourth-order valence-corrected chi connectivity index (χ4v) is 1.91. The molecule has 0 radical (unpaired) electrons. The number of likely N-dealkylation sites (N-methyl/N-ethyl adjacent to an activating group) is 1. The molecule has 4 heteroatoms. The minimum absolute atomic E-state index is 0.138. The van der Waals surface area contributed by atoms with Crippen molar-refractivity contribution in [2.45, 2.75) is 13.0 Å². The SMILES string of the molecule is CNCC(O)c1cccc(OCC2(C)COC2)c1. The molecule has 0 spiro atoms. The summed E-state index contributed by atoms with van der Waals surface area (Å²) in [5.41, 5.74) is 1.01. The molecule has 18 heavy (non-hydrogen) atoms. The van der Waals surface area contributed by atoms with Gasteiger partial charge in [-0.3, -0.25) is 0 Å². The third-order valence-corrected chi connectivity index (χ3v) is 3.13. The third-order valence-electron chi connectivity index (χ3n) is 3.13. The normalized spacial score (nSPS) is 19.1. The predicted octanol–water partition coefficient (Wildman–Crippen LogP) is 1.35. The molecule has 0 saturated carbocycles. The lowest BCUT2D eigenvalue weighted by Gasteiger charge is -2.37. The number of ether oxygens (including phenoxy) is 2. The van der Waals surface area contributed by atoms with E-state index in [2.05, 4.69) is 12.2 Å². The van der Waals surface area contributed by atoms with Crippen LogP contribution in [0.5, 0.6) is 5.75 Å². The van der Waals surface area contributed by atoms with E-state index in [1.54, 1.807) is 0 Å².